The summed E-state index contributed by atoms with van der Waals surface area (Å²) in [4.78, 5) is 11.1. The number of aromatic nitrogens is 3. The molecule has 4 nitrogen and oxygen atoms in total. The largest absolute Gasteiger partial charge is 0.323 e. The lowest BCUT2D eigenvalue weighted by molar-refractivity contribution is 0.261. The molecule has 104 valence electrons. The first kappa shape index (κ1) is 14.3. The average Bonchev–Trinajstić information content (AvgIpc) is 2.83. The molecule has 0 bridgehead atoms. The summed E-state index contributed by atoms with van der Waals surface area (Å²) in [5, 5.41) is 0. The van der Waals surface area contributed by atoms with Gasteiger partial charge in [-0.25, -0.2) is 4.98 Å². The molecule has 0 saturated heterocycles. The Morgan fingerprint density at radius 2 is 2.11 bits per heavy atom. The monoisotopic (exact) mass is 280 g/mol. The van der Waals surface area contributed by atoms with E-state index >= 15 is 0 Å². The lowest BCUT2D eigenvalue weighted by Gasteiger charge is -2.25. The molecule has 0 spiro atoms. The number of imidazole rings is 1. The summed E-state index contributed by atoms with van der Waals surface area (Å²) < 4.78 is 2.24. The highest BCUT2D eigenvalue weighted by molar-refractivity contribution is 6.16. The van der Waals surface area contributed by atoms with Crippen LogP contribution in [-0.4, -0.2) is 39.1 Å². The molecule has 1 unspecified atom stereocenters. The molecule has 0 aliphatic carbocycles. The van der Waals surface area contributed by atoms with Gasteiger partial charge in [0, 0.05) is 18.8 Å². The zero-order valence-corrected chi connectivity index (χ0v) is 12.6. The molecule has 0 radical (unpaired) electrons. The molecule has 2 aromatic rings. The molecule has 2 rings (SSSR count). The van der Waals surface area contributed by atoms with Crippen molar-refractivity contribution in [2.75, 3.05) is 19.6 Å². The molecule has 5 heteroatoms. The van der Waals surface area contributed by atoms with E-state index < -0.39 is 0 Å². The Balaban J connectivity index is 2.36. The van der Waals surface area contributed by atoms with E-state index in [2.05, 4.69) is 40.2 Å². The van der Waals surface area contributed by atoms with Crippen LogP contribution in [0.3, 0.4) is 0 Å². The Bertz CT molecular complexity index is 533. The normalized spacial score (nSPS) is 13.3. The summed E-state index contributed by atoms with van der Waals surface area (Å²) in [6.45, 7) is 9.72. The molecule has 0 aliphatic rings. The number of nitrogens with zero attached hydrogens (tertiary/aromatic N) is 4. The van der Waals surface area contributed by atoms with Gasteiger partial charge >= 0.3 is 0 Å². The van der Waals surface area contributed by atoms with Gasteiger partial charge in [0.2, 0.25) is 0 Å². The Labute approximate surface area is 119 Å². The number of rotatable bonds is 6. The second kappa shape index (κ2) is 6.35. The van der Waals surface area contributed by atoms with Crippen LogP contribution in [0.4, 0.5) is 0 Å². The van der Waals surface area contributed by atoms with E-state index in [1.54, 1.807) is 6.20 Å². The third-order valence-electron chi connectivity index (χ3n) is 3.54. The molecule has 0 fully saturated rings. The van der Waals surface area contributed by atoms with E-state index in [4.69, 9.17) is 11.6 Å². The van der Waals surface area contributed by atoms with Gasteiger partial charge in [-0.05, 0) is 26.1 Å². The second-order valence-electron chi connectivity index (χ2n) is 4.73. The third-order valence-corrected chi connectivity index (χ3v) is 3.78. The van der Waals surface area contributed by atoms with Crippen molar-refractivity contribution < 1.29 is 0 Å². The Morgan fingerprint density at radius 1 is 1.37 bits per heavy atom. The van der Waals surface area contributed by atoms with E-state index in [-0.39, 0.29) is 0 Å². The van der Waals surface area contributed by atoms with Gasteiger partial charge in [0.05, 0.1) is 17.6 Å². The minimum Gasteiger partial charge on any atom is -0.323 e. The molecule has 0 saturated carbocycles. The lowest BCUT2D eigenvalue weighted by atomic mass is 10.2. The first-order valence-electron chi connectivity index (χ1n) is 6.80. The van der Waals surface area contributed by atoms with Crippen molar-refractivity contribution in [2.24, 2.45) is 0 Å². The van der Waals surface area contributed by atoms with E-state index in [1.165, 1.54) is 0 Å². The molecule has 19 heavy (non-hydrogen) atoms. The molecule has 0 aliphatic heterocycles. The Morgan fingerprint density at radius 3 is 2.74 bits per heavy atom. The van der Waals surface area contributed by atoms with Gasteiger partial charge in [0.25, 0.3) is 0 Å². The van der Waals surface area contributed by atoms with Crippen LogP contribution in [0.2, 0.25) is 0 Å². The van der Waals surface area contributed by atoms with Crippen molar-refractivity contribution in [3.05, 3.63) is 24.3 Å². The minimum absolute atomic E-state index is 0.348. The van der Waals surface area contributed by atoms with Crippen molar-refractivity contribution in [1.29, 1.82) is 0 Å². The minimum atomic E-state index is 0.348. The summed E-state index contributed by atoms with van der Waals surface area (Å²) in [6.07, 6.45) is 3.61. The molecule has 0 amide bonds. The maximum Gasteiger partial charge on any atom is 0.125 e. The van der Waals surface area contributed by atoms with Gasteiger partial charge in [-0.3, -0.25) is 4.98 Å². The highest BCUT2D eigenvalue weighted by Crippen LogP contribution is 2.22. The fourth-order valence-electron chi connectivity index (χ4n) is 2.52. The smallest absolute Gasteiger partial charge is 0.125 e. The van der Waals surface area contributed by atoms with Crippen LogP contribution >= 0.6 is 11.6 Å². The number of hydrogen-bond donors (Lipinski definition) is 0. The zero-order chi connectivity index (χ0) is 13.8. The number of pyridine rings is 1. The quantitative estimate of drug-likeness (QED) is 0.763. The molecule has 0 aromatic carbocycles. The number of likely N-dealkylation sites (N-methyl/N-ethyl adjacent to an activating group) is 1. The molecule has 2 heterocycles. The van der Waals surface area contributed by atoms with E-state index in [0.717, 1.165) is 36.5 Å². The number of fused-ring (bicyclic) bond motifs is 1. The van der Waals surface area contributed by atoms with E-state index in [0.29, 0.717) is 11.9 Å². The van der Waals surface area contributed by atoms with Crippen LogP contribution in [0, 0.1) is 0 Å². The predicted molar refractivity (Wildman–Crippen MR) is 79.6 cm³/mol. The number of alkyl halides is 1. The molecule has 1 atom stereocenters. The highest BCUT2D eigenvalue weighted by atomic mass is 35.5. The maximum absolute atomic E-state index is 6.03. The fraction of sp³-hybridized carbons (Fsp3) is 0.571. The van der Waals surface area contributed by atoms with E-state index in [1.807, 2.05) is 12.3 Å². The average molecular weight is 281 g/mol. The van der Waals surface area contributed by atoms with Crippen molar-refractivity contribution >= 4 is 22.6 Å². The molecular formula is C14H21ClN4. The van der Waals surface area contributed by atoms with Crippen molar-refractivity contribution in [2.45, 2.75) is 32.7 Å². The molecule has 0 N–H and O–H groups in total. The summed E-state index contributed by atoms with van der Waals surface area (Å²) in [5.74, 6) is 1.35. The van der Waals surface area contributed by atoms with Gasteiger partial charge in [-0.1, -0.05) is 13.8 Å². The van der Waals surface area contributed by atoms with Crippen molar-refractivity contribution in [3.8, 4) is 0 Å². The Hall–Kier alpha value is -1.13. The zero-order valence-electron chi connectivity index (χ0n) is 11.8. The number of hydrogen-bond acceptors (Lipinski definition) is 3. The lowest BCUT2D eigenvalue weighted by Crippen LogP contribution is -2.30. The van der Waals surface area contributed by atoms with Gasteiger partial charge in [-0.15, -0.1) is 11.6 Å². The Kier molecular flexibility index (Phi) is 4.77. The number of halogens is 1. The topological polar surface area (TPSA) is 34.0 Å². The SMILES string of the molecule is CCN(CC)CC(C)n1c(CCl)nc2cnccc21. The van der Waals surface area contributed by atoms with Gasteiger partial charge in [0.1, 0.15) is 11.3 Å². The van der Waals surface area contributed by atoms with Gasteiger partial charge < -0.3 is 9.47 Å². The summed E-state index contributed by atoms with van der Waals surface area (Å²) in [5.41, 5.74) is 2.04. The van der Waals surface area contributed by atoms with Gasteiger partial charge in [0.15, 0.2) is 0 Å². The van der Waals surface area contributed by atoms with Gasteiger partial charge in [-0.2, -0.15) is 0 Å². The van der Waals surface area contributed by atoms with Crippen molar-refractivity contribution in [3.63, 3.8) is 0 Å². The standard InChI is InChI=1S/C14H21ClN4/c1-4-18(5-2)10-11(3)19-13-6-7-16-9-12(13)17-14(19)8-15/h6-7,9,11H,4-5,8,10H2,1-3H3. The highest BCUT2D eigenvalue weighted by Gasteiger charge is 2.16. The fourth-order valence-corrected chi connectivity index (χ4v) is 2.71. The van der Waals surface area contributed by atoms with Crippen LogP contribution in [0.25, 0.3) is 11.0 Å². The van der Waals surface area contributed by atoms with Crippen LogP contribution < -0.4 is 0 Å². The maximum atomic E-state index is 6.03. The molecule has 2 aromatic heterocycles. The van der Waals surface area contributed by atoms with Crippen LogP contribution in [0.15, 0.2) is 18.5 Å². The van der Waals surface area contributed by atoms with E-state index in [9.17, 15) is 0 Å². The van der Waals surface area contributed by atoms with Crippen LogP contribution in [-0.2, 0) is 5.88 Å². The summed E-state index contributed by atoms with van der Waals surface area (Å²) >= 11 is 6.03. The predicted octanol–water partition coefficient (Wildman–Crippen LogP) is 3.07. The van der Waals surface area contributed by atoms with Crippen LogP contribution in [0.5, 0.6) is 0 Å². The summed E-state index contributed by atoms with van der Waals surface area (Å²) in [6, 6.07) is 2.36. The molecular weight excluding hydrogens is 260 g/mol. The van der Waals surface area contributed by atoms with Crippen LogP contribution in [0.1, 0.15) is 32.6 Å². The first-order chi connectivity index (χ1) is 9.21. The first-order valence-corrected chi connectivity index (χ1v) is 7.33. The van der Waals surface area contributed by atoms with Crippen molar-refractivity contribution in [1.82, 2.24) is 19.4 Å². The summed E-state index contributed by atoms with van der Waals surface area (Å²) in [7, 11) is 0. The third kappa shape index (κ3) is 2.90. The second-order valence-corrected chi connectivity index (χ2v) is 5.00.